The van der Waals surface area contributed by atoms with Crippen molar-refractivity contribution in [2.24, 2.45) is 5.41 Å². The highest BCUT2D eigenvalue weighted by atomic mass is 15.0. The van der Waals surface area contributed by atoms with Gasteiger partial charge in [-0.2, -0.15) is 0 Å². The molecule has 0 aromatic heterocycles. The van der Waals surface area contributed by atoms with E-state index in [0.717, 1.165) is 12.8 Å². The normalized spacial score (nSPS) is 14.5. The number of benzene rings is 1. The zero-order chi connectivity index (χ0) is 14.7. The van der Waals surface area contributed by atoms with Gasteiger partial charge >= 0.3 is 0 Å². The van der Waals surface area contributed by atoms with E-state index in [1.165, 1.54) is 11.1 Å². The summed E-state index contributed by atoms with van der Waals surface area (Å²) in [6.45, 7) is 16.0. The summed E-state index contributed by atoms with van der Waals surface area (Å²) in [5, 5.41) is 3.77. The Kier molecular flexibility index (Phi) is 5.20. The molecule has 1 unspecified atom stereocenters. The summed E-state index contributed by atoms with van der Waals surface area (Å²) in [7, 11) is 0. The Bertz CT molecular complexity index is 381. The van der Waals surface area contributed by atoms with Crippen LogP contribution in [0.25, 0.3) is 0 Å². The largest absolute Gasteiger partial charge is 0.305 e. The predicted molar refractivity (Wildman–Crippen MR) is 85.5 cm³/mol. The molecule has 19 heavy (non-hydrogen) atoms. The van der Waals surface area contributed by atoms with Gasteiger partial charge in [-0.15, -0.1) is 0 Å². The van der Waals surface area contributed by atoms with Gasteiger partial charge in [0.2, 0.25) is 0 Å². The van der Waals surface area contributed by atoms with Crippen LogP contribution < -0.4 is 5.32 Å². The third kappa shape index (κ3) is 5.78. The van der Waals surface area contributed by atoms with Crippen molar-refractivity contribution in [3.63, 3.8) is 0 Å². The molecule has 0 spiro atoms. The topological polar surface area (TPSA) is 12.0 Å². The fraction of sp³-hybridized carbons (Fsp3) is 0.667. The Morgan fingerprint density at radius 1 is 1.00 bits per heavy atom. The van der Waals surface area contributed by atoms with Crippen LogP contribution in [0.3, 0.4) is 0 Å². The van der Waals surface area contributed by atoms with E-state index in [1.54, 1.807) is 0 Å². The van der Waals surface area contributed by atoms with Gasteiger partial charge in [0.05, 0.1) is 0 Å². The molecule has 0 aliphatic rings. The van der Waals surface area contributed by atoms with E-state index in [9.17, 15) is 0 Å². The second-order valence-corrected chi connectivity index (χ2v) is 7.58. The molecule has 0 saturated heterocycles. The van der Waals surface area contributed by atoms with Crippen LogP contribution in [0.2, 0.25) is 0 Å². The first-order valence-corrected chi connectivity index (χ1v) is 7.49. The smallest absolute Gasteiger partial charge is 0.0296 e. The second kappa shape index (κ2) is 6.09. The van der Waals surface area contributed by atoms with Crippen molar-refractivity contribution in [3.8, 4) is 0 Å². The molecule has 1 nitrogen and oxygen atoms in total. The van der Waals surface area contributed by atoms with Gasteiger partial charge < -0.3 is 5.32 Å². The van der Waals surface area contributed by atoms with E-state index in [1.807, 2.05) is 0 Å². The summed E-state index contributed by atoms with van der Waals surface area (Å²) < 4.78 is 0. The van der Waals surface area contributed by atoms with Crippen molar-refractivity contribution in [2.45, 2.75) is 72.9 Å². The molecule has 108 valence electrons. The average molecular weight is 261 g/mol. The summed E-state index contributed by atoms with van der Waals surface area (Å²) >= 11 is 0. The Balaban J connectivity index is 2.69. The third-order valence-corrected chi connectivity index (χ3v) is 3.47. The molecular weight excluding hydrogens is 230 g/mol. The van der Waals surface area contributed by atoms with Crippen LogP contribution in [0.5, 0.6) is 0 Å². The molecular formula is C18H31N. The molecule has 0 aliphatic carbocycles. The van der Waals surface area contributed by atoms with Gasteiger partial charge in [-0.25, -0.2) is 0 Å². The Morgan fingerprint density at radius 2 is 1.53 bits per heavy atom. The van der Waals surface area contributed by atoms with Crippen LogP contribution in [0.15, 0.2) is 24.3 Å². The van der Waals surface area contributed by atoms with Gasteiger partial charge in [0.25, 0.3) is 0 Å². The van der Waals surface area contributed by atoms with Crippen molar-refractivity contribution in [2.75, 3.05) is 0 Å². The van der Waals surface area contributed by atoms with Crippen molar-refractivity contribution >= 4 is 0 Å². The molecule has 0 fully saturated rings. The first-order chi connectivity index (χ1) is 8.63. The molecule has 1 heteroatoms. The van der Waals surface area contributed by atoms with Gasteiger partial charge in [0.1, 0.15) is 0 Å². The molecule has 0 radical (unpaired) electrons. The Morgan fingerprint density at radius 3 is 1.95 bits per heavy atom. The van der Waals surface area contributed by atoms with Gasteiger partial charge in [-0.05, 0) is 50.2 Å². The van der Waals surface area contributed by atoms with Gasteiger partial charge in [0, 0.05) is 11.6 Å². The molecule has 0 bridgehead atoms. The highest BCUT2D eigenvalue weighted by Crippen LogP contribution is 2.29. The van der Waals surface area contributed by atoms with E-state index in [2.05, 4.69) is 78.0 Å². The molecule has 1 aromatic carbocycles. The molecule has 1 atom stereocenters. The van der Waals surface area contributed by atoms with E-state index in [-0.39, 0.29) is 5.54 Å². The fourth-order valence-electron chi connectivity index (χ4n) is 3.09. The van der Waals surface area contributed by atoms with E-state index in [4.69, 9.17) is 0 Å². The minimum atomic E-state index is 0.154. The summed E-state index contributed by atoms with van der Waals surface area (Å²) in [5.41, 5.74) is 3.28. The van der Waals surface area contributed by atoms with E-state index >= 15 is 0 Å². The standard InChI is InChI=1S/C18H31N/c1-8-15-9-11-16(12-10-15)14(2)19-18(6,7)13-17(3,4)5/h9-12,14,19H,8,13H2,1-7H3. The predicted octanol–water partition coefficient (Wildman–Crippen LogP) is 5.11. The monoisotopic (exact) mass is 261 g/mol. The molecule has 1 aromatic rings. The third-order valence-electron chi connectivity index (χ3n) is 3.47. The van der Waals surface area contributed by atoms with Gasteiger partial charge in [-0.1, -0.05) is 52.0 Å². The van der Waals surface area contributed by atoms with Crippen molar-refractivity contribution in [3.05, 3.63) is 35.4 Å². The average Bonchev–Trinajstić information content (AvgIpc) is 2.25. The van der Waals surface area contributed by atoms with Crippen LogP contribution in [-0.4, -0.2) is 5.54 Å². The SMILES string of the molecule is CCc1ccc(C(C)NC(C)(C)CC(C)(C)C)cc1. The first kappa shape index (κ1) is 16.2. The molecule has 0 amide bonds. The quantitative estimate of drug-likeness (QED) is 0.776. The molecule has 1 rings (SSSR count). The number of hydrogen-bond acceptors (Lipinski definition) is 1. The summed E-state index contributed by atoms with van der Waals surface area (Å²) in [6.07, 6.45) is 2.27. The molecule has 0 saturated carbocycles. The number of aryl methyl sites for hydroxylation is 1. The van der Waals surface area contributed by atoms with Gasteiger partial charge in [0.15, 0.2) is 0 Å². The second-order valence-electron chi connectivity index (χ2n) is 7.58. The minimum Gasteiger partial charge on any atom is -0.305 e. The highest BCUT2D eigenvalue weighted by Gasteiger charge is 2.26. The number of rotatable bonds is 5. The minimum absolute atomic E-state index is 0.154. The van der Waals surface area contributed by atoms with E-state index in [0.29, 0.717) is 11.5 Å². The van der Waals surface area contributed by atoms with E-state index < -0.39 is 0 Å². The number of hydrogen-bond donors (Lipinski definition) is 1. The maximum atomic E-state index is 3.77. The lowest BCUT2D eigenvalue weighted by atomic mass is 9.81. The Hall–Kier alpha value is -0.820. The lowest BCUT2D eigenvalue weighted by molar-refractivity contribution is 0.227. The summed E-state index contributed by atoms with van der Waals surface area (Å²) in [5.74, 6) is 0. The van der Waals surface area contributed by atoms with Crippen molar-refractivity contribution in [1.29, 1.82) is 0 Å². The molecule has 0 heterocycles. The number of nitrogens with one attached hydrogen (secondary N) is 1. The van der Waals surface area contributed by atoms with Crippen LogP contribution in [-0.2, 0) is 6.42 Å². The van der Waals surface area contributed by atoms with Crippen LogP contribution in [0, 0.1) is 5.41 Å². The summed E-state index contributed by atoms with van der Waals surface area (Å²) in [6, 6.07) is 9.38. The van der Waals surface area contributed by atoms with Crippen LogP contribution in [0.1, 0.15) is 72.1 Å². The molecule has 0 aliphatic heterocycles. The van der Waals surface area contributed by atoms with Crippen molar-refractivity contribution in [1.82, 2.24) is 5.32 Å². The lowest BCUT2D eigenvalue weighted by Gasteiger charge is -2.36. The Labute approximate surface area is 119 Å². The lowest BCUT2D eigenvalue weighted by Crippen LogP contribution is -2.43. The van der Waals surface area contributed by atoms with Crippen molar-refractivity contribution < 1.29 is 0 Å². The zero-order valence-corrected chi connectivity index (χ0v) is 13.8. The van der Waals surface area contributed by atoms with Crippen LogP contribution in [0.4, 0.5) is 0 Å². The summed E-state index contributed by atoms with van der Waals surface area (Å²) in [4.78, 5) is 0. The fourth-order valence-corrected chi connectivity index (χ4v) is 3.09. The maximum absolute atomic E-state index is 3.77. The highest BCUT2D eigenvalue weighted by molar-refractivity contribution is 5.24. The zero-order valence-electron chi connectivity index (χ0n) is 13.8. The maximum Gasteiger partial charge on any atom is 0.0296 e. The molecule has 1 N–H and O–H groups in total. The first-order valence-electron chi connectivity index (χ1n) is 7.49. The van der Waals surface area contributed by atoms with Gasteiger partial charge in [-0.3, -0.25) is 0 Å². The van der Waals surface area contributed by atoms with Crippen LogP contribution >= 0.6 is 0 Å².